The smallest absolute Gasteiger partial charge is 0.0917 e. The molecule has 0 atom stereocenters. The average Bonchev–Trinajstić information content (AvgIpc) is 2.45. The highest BCUT2D eigenvalue weighted by atomic mass is 14.0. The van der Waals surface area contributed by atoms with Crippen LogP contribution < -0.4 is 0 Å². The number of benzene rings is 1. The fourth-order valence-electron chi connectivity index (χ4n) is 1.73. The van der Waals surface area contributed by atoms with E-state index in [1.807, 2.05) is 36.4 Å². The SMILES string of the molecule is C(#Cc1ccccc1)CCC/C=C1\C=CC=C[CH+]1. The van der Waals surface area contributed by atoms with Crippen molar-refractivity contribution >= 4 is 0 Å². The Bertz CT molecular complexity index is 504. The van der Waals surface area contributed by atoms with Crippen molar-refractivity contribution in [3.63, 3.8) is 0 Å². The Morgan fingerprint density at radius 2 is 2.00 bits per heavy atom. The van der Waals surface area contributed by atoms with Crippen LogP contribution in [0.25, 0.3) is 0 Å². The van der Waals surface area contributed by atoms with Gasteiger partial charge in [0.25, 0.3) is 0 Å². The largest absolute Gasteiger partial charge is 0.0978 e. The van der Waals surface area contributed by atoms with Crippen LogP contribution in [-0.4, -0.2) is 0 Å². The zero-order valence-electron chi connectivity index (χ0n) is 10.5. The molecule has 0 aliphatic heterocycles. The van der Waals surface area contributed by atoms with Crippen LogP contribution in [0.15, 0.2) is 66.3 Å². The number of rotatable bonds is 3. The van der Waals surface area contributed by atoms with Crippen molar-refractivity contribution in [1.29, 1.82) is 0 Å². The summed E-state index contributed by atoms with van der Waals surface area (Å²) in [6.45, 7) is 0. The molecule has 0 amide bonds. The van der Waals surface area contributed by atoms with Crippen LogP contribution in [0.4, 0.5) is 0 Å². The fourth-order valence-corrected chi connectivity index (χ4v) is 1.73. The van der Waals surface area contributed by atoms with Crippen LogP contribution in [-0.2, 0) is 0 Å². The second kappa shape index (κ2) is 7.25. The maximum atomic E-state index is 3.22. The molecule has 88 valence electrons. The summed E-state index contributed by atoms with van der Waals surface area (Å²) in [5.41, 5.74) is 2.40. The number of allylic oxidation sites excluding steroid dienone is 6. The van der Waals surface area contributed by atoms with Crippen LogP contribution in [0.3, 0.4) is 0 Å². The summed E-state index contributed by atoms with van der Waals surface area (Å²) in [6.07, 6.45) is 15.9. The molecule has 2 rings (SSSR count). The van der Waals surface area contributed by atoms with Gasteiger partial charge in [0, 0.05) is 49.1 Å². The van der Waals surface area contributed by atoms with E-state index in [0.717, 1.165) is 24.8 Å². The summed E-state index contributed by atoms with van der Waals surface area (Å²) in [5.74, 6) is 6.40. The van der Waals surface area contributed by atoms with Crippen LogP contribution in [0.2, 0.25) is 0 Å². The van der Waals surface area contributed by atoms with Gasteiger partial charge in [0.2, 0.25) is 0 Å². The van der Waals surface area contributed by atoms with Crippen LogP contribution in [0.5, 0.6) is 0 Å². The molecular formula is C18H17+. The average molecular weight is 233 g/mol. The molecule has 1 aromatic rings. The monoisotopic (exact) mass is 233 g/mol. The molecule has 0 bridgehead atoms. The Balaban J connectivity index is 1.69. The molecule has 0 saturated heterocycles. The normalized spacial score (nSPS) is 15.0. The summed E-state index contributed by atoms with van der Waals surface area (Å²) in [5, 5.41) is 0. The molecule has 0 radical (unpaired) electrons. The summed E-state index contributed by atoms with van der Waals surface area (Å²) < 4.78 is 0. The van der Waals surface area contributed by atoms with Gasteiger partial charge >= 0.3 is 0 Å². The van der Waals surface area contributed by atoms with E-state index in [4.69, 9.17) is 0 Å². The third kappa shape index (κ3) is 4.39. The first-order chi connectivity index (χ1) is 8.95. The lowest BCUT2D eigenvalue weighted by Gasteiger charge is -1.93. The molecule has 1 aliphatic rings. The van der Waals surface area contributed by atoms with Crippen LogP contribution >= 0.6 is 0 Å². The Morgan fingerprint density at radius 3 is 2.78 bits per heavy atom. The van der Waals surface area contributed by atoms with E-state index >= 15 is 0 Å². The van der Waals surface area contributed by atoms with Gasteiger partial charge in [-0.15, -0.1) is 0 Å². The highest BCUT2D eigenvalue weighted by Crippen LogP contribution is 2.10. The lowest BCUT2D eigenvalue weighted by atomic mass is 10.1. The molecule has 1 aromatic carbocycles. The van der Waals surface area contributed by atoms with Gasteiger partial charge in [0.15, 0.2) is 0 Å². The highest BCUT2D eigenvalue weighted by molar-refractivity contribution is 5.38. The molecule has 0 heterocycles. The topological polar surface area (TPSA) is 0 Å². The third-order valence-electron chi connectivity index (χ3n) is 2.69. The molecule has 0 heteroatoms. The summed E-state index contributed by atoms with van der Waals surface area (Å²) in [7, 11) is 0. The molecule has 0 saturated carbocycles. The maximum Gasteiger partial charge on any atom is 0.0917 e. The van der Waals surface area contributed by atoms with E-state index in [9.17, 15) is 0 Å². The highest BCUT2D eigenvalue weighted by Gasteiger charge is 2.00. The minimum Gasteiger partial charge on any atom is -0.0978 e. The van der Waals surface area contributed by atoms with Gasteiger partial charge in [-0.3, -0.25) is 0 Å². The zero-order chi connectivity index (χ0) is 12.5. The van der Waals surface area contributed by atoms with E-state index in [1.165, 1.54) is 5.57 Å². The summed E-state index contributed by atoms with van der Waals surface area (Å²) in [6, 6.07) is 10.1. The van der Waals surface area contributed by atoms with E-state index < -0.39 is 0 Å². The van der Waals surface area contributed by atoms with Crippen molar-refractivity contribution in [2.75, 3.05) is 0 Å². The minimum absolute atomic E-state index is 0.957. The van der Waals surface area contributed by atoms with Gasteiger partial charge in [-0.2, -0.15) is 0 Å². The Morgan fingerprint density at radius 1 is 1.11 bits per heavy atom. The van der Waals surface area contributed by atoms with Gasteiger partial charge in [-0.1, -0.05) is 30.0 Å². The van der Waals surface area contributed by atoms with Crippen LogP contribution in [0.1, 0.15) is 24.8 Å². The Labute approximate surface area is 110 Å². The standard InChI is InChI=1S/C18H17/c1(5-11-17-13-7-3-8-14-17)2-6-12-18-15-9-4-10-16-18/h3-4,7-11,13-16H,1-2,5H2/q+1. The van der Waals surface area contributed by atoms with E-state index in [1.54, 1.807) is 0 Å². The second-order valence-electron chi connectivity index (χ2n) is 4.17. The predicted octanol–water partition coefficient (Wildman–Crippen LogP) is 4.47. The molecule has 0 spiro atoms. The number of hydrogen-bond donors (Lipinski definition) is 0. The maximum absolute atomic E-state index is 3.22. The lowest BCUT2D eigenvalue weighted by Crippen LogP contribution is -1.82. The van der Waals surface area contributed by atoms with Crippen molar-refractivity contribution in [3.05, 3.63) is 78.3 Å². The molecule has 0 fully saturated rings. The lowest BCUT2D eigenvalue weighted by molar-refractivity contribution is 0.882. The summed E-state index contributed by atoms with van der Waals surface area (Å²) >= 11 is 0. The van der Waals surface area contributed by atoms with Gasteiger partial charge in [0.1, 0.15) is 0 Å². The number of hydrogen-bond acceptors (Lipinski definition) is 0. The molecule has 1 aliphatic carbocycles. The Hall–Kier alpha value is -2.13. The molecule has 18 heavy (non-hydrogen) atoms. The first-order valence-electron chi connectivity index (χ1n) is 6.37. The van der Waals surface area contributed by atoms with Crippen molar-refractivity contribution in [2.24, 2.45) is 0 Å². The van der Waals surface area contributed by atoms with Crippen molar-refractivity contribution in [3.8, 4) is 11.8 Å². The number of unbranched alkanes of at least 4 members (excludes halogenated alkanes) is 2. The van der Waals surface area contributed by atoms with E-state index in [0.29, 0.717) is 0 Å². The molecule has 0 nitrogen and oxygen atoms in total. The molecule has 0 N–H and O–H groups in total. The van der Waals surface area contributed by atoms with Gasteiger partial charge in [0.05, 0.1) is 5.57 Å². The van der Waals surface area contributed by atoms with E-state index in [-0.39, 0.29) is 0 Å². The van der Waals surface area contributed by atoms with Crippen molar-refractivity contribution in [2.45, 2.75) is 19.3 Å². The van der Waals surface area contributed by atoms with Crippen molar-refractivity contribution in [1.82, 2.24) is 0 Å². The minimum atomic E-state index is 0.957. The fraction of sp³-hybridized carbons (Fsp3) is 0.167. The summed E-state index contributed by atoms with van der Waals surface area (Å²) in [4.78, 5) is 0. The van der Waals surface area contributed by atoms with Gasteiger partial charge < -0.3 is 0 Å². The Kier molecular flexibility index (Phi) is 4.96. The van der Waals surface area contributed by atoms with Gasteiger partial charge in [-0.25, -0.2) is 0 Å². The first-order valence-corrected chi connectivity index (χ1v) is 6.37. The molecule has 0 unspecified atom stereocenters. The van der Waals surface area contributed by atoms with Crippen molar-refractivity contribution < 1.29 is 0 Å². The third-order valence-corrected chi connectivity index (χ3v) is 2.69. The van der Waals surface area contributed by atoms with Gasteiger partial charge in [-0.05, 0) is 24.6 Å². The first kappa shape index (κ1) is 12.3. The second-order valence-corrected chi connectivity index (χ2v) is 4.17. The van der Waals surface area contributed by atoms with E-state index in [2.05, 4.69) is 42.6 Å². The zero-order valence-corrected chi connectivity index (χ0v) is 10.5. The quantitative estimate of drug-likeness (QED) is 0.410. The molecular weight excluding hydrogens is 216 g/mol. The van der Waals surface area contributed by atoms with Crippen LogP contribution in [0, 0.1) is 18.3 Å². The molecule has 0 aromatic heterocycles. The predicted molar refractivity (Wildman–Crippen MR) is 77.8 cm³/mol.